The Morgan fingerprint density at radius 1 is 1.26 bits per heavy atom. The van der Waals surface area contributed by atoms with Crippen molar-refractivity contribution in [2.45, 2.75) is 37.6 Å². The van der Waals surface area contributed by atoms with E-state index in [9.17, 15) is 9.18 Å². The van der Waals surface area contributed by atoms with E-state index in [1.807, 2.05) is 18.5 Å². The molecule has 0 radical (unpaired) electrons. The van der Waals surface area contributed by atoms with Crippen LogP contribution in [0.1, 0.15) is 53.7 Å². The first kappa shape index (κ1) is 20.1. The van der Waals surface area contributed by atoms with Crippen molar-refractivity contribution in [3.8, 4) is 0 Å². The number of rotatable bonds is 4. The third-order valence-corrected chi connectivity index (χ3v) is 7.09. The maximum Gasteiger partial charge on any atom is 0.261 e. The fourth-order valence-electron chi connectivity index (χ4n) is 5.36. The van der Waals surface area contributed by atoms with Crippen LogP contribution in [-0.2, 0) is 7.05 Å². The van der Waals surface area contributed by atoms with Crippen LogP contribution < -0.4 is 11.1 Å². The number of hydrogen-bond acceptors (Lipinski definition) is 4. The highest BCUT2D eigenvalue weighted by Gasteiger charge is 2.44. The minimum Gasteiger partial charge on any atom is -0.383 e. The first-order chi connectivity index (χ1) is 14.9. The Balaban J connectivity index is 1.35. The third-order valence-electron chi connectivity index (χ3n) is 6.80. The Hall–Kier alpha value is -2.87. The summed E-state index contributed by atoms with van der Waals surface area (Å²) in [6.45, 7) is 0. The predicted molar refractivity (Wildman–Crippen MR) is 116 cm³/mol. The zero-order valence-electron chi connectivity index (χ0n) is 17.1. The summed E-state index contributed by atoms with van der Waals surface area (Å²) >= 11 is 5.84. The van der Waals surface area contributed by atoms with Crippen LogP contribution in [-0.4, -0.2) is 25.5 Å². The molecule has 31 heavy (non-hydrogen) atoms. The van der Waals surface area contributed by atoms with Crippen LogP contribution in [0.5, 0.6) is 0 Å². The molecule has 162 valence electrons. The van der Waals surface area contributed by atoms with E-state index in [0.29, 0.717) is 34.9 Å². The highest BCUT2D eigenvalue weighted by atomic mass is 35.5. The number of aromatic nitrogens is 4. The van der Waals surface area contributed by atoms with E-state index >= 15 is 0 Å². The molecule has 3 N–H and O–H groups in total. The number of fused-ring (bicyclic) bond motifs is 1. The largest absolute Gasteiger partial charge is 0.383 e. The molecule has 5 rings (SSSR count). The molecule has 9 heteroatoms. The van der Waals surface area contributed by atoms with Gasteiger partial charge in [-0.2, -0.15) is 10.2 Å². The smallest absolute Gasteiger partial charge is 0.261 e. The Morgan fingerprint density at radius 3 is 2.65 bits per heavy atom. The van der Waals surface area contributed by atoms with Gasteiger partial charge >= 0.3 is 0 Å². The lowest BCUT2D eigenvalue weighted by Gasteiger charge is -2.15. The Bertz CT molecular complexity index is 1110. The monoisotopic (exact) mass is 442 g/mol. The van der Waals surface area contributed by atoms with Crippen molar-refractivity contribution in [2.75, 3.05) is 11.1 Å². The fourth-order valence-corrected chi connectivity index (χ4v) is 5.55. The second-order valence-electron chi connectivity index (χ2n) is 8.65. The summed E-state index contributed by atoms with van der Waals surface area (Å²) in [5.74, 6) is 0.812. The van der Waals surface area contributed by atoms with Crippen molar-refractivity contribution in [3.63, 3.8) is 0 Å². The molecule has 7 nitrogen and oxygen atoms in total. The van der Waals surface area contributed by atoms with Gasteiger partial charge in [0.25, 0.3) is 5.91 Å². The number of carbonyl (C=O) groups excluding carboxylic acids is 1. The molecule has 2 aromatic heterocycles. The molecular weight excluding hydrogens is 419 g/mol. The summed E-state index contributed by atoms with van der Waals surface area (Å²) < 4.78 is 17.1. The van der Waals surface area contributed by atoms with Crippen LogP contribution in [0.25, 0.3) is 0 Å². The Morgan fingerprint density at radius 2 is 2.00 bits per heavy atom. The number of nitrogen functional groups attached to an aromatic ring is 1. The quantitative estimate of drug-likeness (QED) is 0.627. The summed E-state index contributed by atoms with van der Waals surface area (Å²) in [6, 6.07) is 6.49. The number of anilines is 2. The number of nitrogens with two attached hydrogens (primary N) is 1. The van der Waals surface area contributed by atoms with Gasteiger partial charge in [-0.05, 0) is 61.8 Å². The van der Waals surface area contributed by atoms with E-state index in [4.69, 9.17) is 17.3 Å². The number of halogens is 2. The fraction of sp³-hybridized carbons (Fsp3) is 0.409. The molecule has 1 aromatic carbocycles. The molecule has 0 saturated heterocycles. The number of aryl methyl sites for hydroxylation is 1. The van der Waals surface area contributed by atoms with Crippen molar-refractivity contribution in [1.29, 1.82) is 0 Å². The number of amides is 1. The maximum absolute atomic E-state index is 13.4. The van der Waals surface area contributed by atoms with Gasteiger partial charge in [-0.3, -0.25) is 14.2 Å². The molecule has 0 spiro atoms. The van der Waals surface area contributed by atoms with Gasteiger partial charge in [-0.25, -0.2) is 4.39 Å². The molecule has 2 aliphatic carbocycles. The van der Waals surface area contributed by atoms with Gasteiger partial charge in [0.2, 0.25) is 0 Å². The lowest BCUT2D eigenvalue weighted by atomic mass is 9.95. The minimum atomic E-state index is -0.535. The molecule has 0 bridgehead atoms. The highest BCUT2D eigenvalue weighted by molar-refractivity contribution is 6.31. The number of nitrogens with one attached hydrogen (secondary N) is 1. The van der Waals surface area contributed by atoms with Crippen LogP contribution in [0.3, 0.4) is 0 Å². The van der Waals surface area contributed by atoms with Crippen LogP contribution in [0.4, 0.5) is 15.9 Å². The molecule has 2 unspecified atom stereocenters. The second kappa shape index (κ2) is 7.67. The van der Waals surface area contributed by atoms with Crippen molar-refractivity contribution in [3.05, 3.63) is 58.8 Å². The first-order valence-electron chi connectivity index (χ1n) is 10.5. The summed E-state index contributed by atoms with van der Waals surface area (Å²) in [5, 5.41) is 11.8. The molecule has 2 aliphatic rings. The summed E-state index contributed by atoms with van der Waals surface area (Å²) in [5.41, 5.74) is 7.78. The lowest BCUT2D eigenvalue weighted by Crippen LogP contribution is -2.16. The number of nitrogens with zero attached hydrogens (tertiary/aromatic N) is 4. The third kappa shape index (κ3) is 3.59. The molecule has 2 fully saturated rings. The predicted octanol–water partition coefficient (Wildman–Crippen LogP) is 4.39. The molecule has 2 heterocycles. The summed E-state index contributed by atoms with van der Waals surface area (Å²) in [6.07, 6.45) is 8.03. The number of benzene rings is 1. The maximum atomic E-state index is 13.4. The topological polar surface area (TPSA) is 90.8 Å². The van der Waals surface area contributed by atoms with Crippen molar-refractivity contribution in [2.24, 2.45) is 18.9 Å². The van der Waals surface area contributed by atoms with E-state index in [1.165, 1.54) is 18.2 Å². The van der Waals surface area contributed by atoms with E-state index in [2.05, 4.69) is 20.2 Å². The van der Waals surface area contributed by atoms with Crippen LogP contribution in [0.2, 0.25) is 5.02 Å². The molecule has 2 atom stereocenters. The van der Waals surface area contributed by atoms with Crippen LogP contribution >= 0.6 is 11.6 Å². The van der Waals surface area contributed by atoms with Crippen molar-refractivity contribution >= 4 is 29.0 Å². The lowest BCUT2D eigenvalue weighted by molar-refractivity contribution is 0.102. The first-order valence-corrected chi connectivity index (χ1v) is 10.9. The standard InChI is InChI=1S/C22H24ClFN6O/c1-29-21(25)19(22(31)27-15-3-4-18(24)17(23)11-15)20(28-29)14-7-12-9-16(10-13(12)8-14)30-6-2-5-26-30/h2-6,11-14,16H,7-10,25H2,1H3,(H,27,31). The normalized spacial score (nSPS) is 25.0. The average molecular weight is 443 g/mol. The minimum absolute atomic E-state index is 0.0486. The second-order valence-corrected chi connectivity index (χ2v) is 9.06. The van der Waals surface area contributed by atoms with Gasteiger partial charge < -0.3 is 11.1 Å². The SMILES string of the molecule is Cn1nc(C2CC3CC(n4cccn4)CC3C2)c(C(=O)Nc2ccc(F)c(Cl)c2)c1N. The van der Waals surface area contributed by atoms with Crippen LogP contribution in [0.15, 0.2) is 36.7 Å². The van der Waals surface area contributed by atoms with Gasteiger partial charge in [-0.15, -0.1) is 0 Å². The Kier molecular flexibility index (Phi) is 4.97. The highest BCUT2D eigenvalue weighted by Crippen LogP contribution is 2.54. The molecular formula is C22H24ClFN6O. The van der Waals surface area contributed by atoms with Crippen molar-refractivity contribution < 1.29 is 9.18 Å². The zero-order valence-corrected chi connectivity index (χ0v) is 17.9. The van der Waals surface area contributed by atoms with Crippen molar-refractivity contribution in [1.82, 2.24) is 19.6 Å². The van der Waals surface area contributed by atoms with E-state index < -0.39 is 5.82 Å². The van der Waals surface area contributed by atoms with Gasteiger partial charge in [0, 0.05) is 31.0 Å². The molecule has 0 aliphatic heterocycles. The van der Waals surface area contributed by atoms with Gasteiger partial charge in [0.1, 0.15) is 17.2 Å². The van der Waals surface area contributed by atoms with E-state index in [1.54, 1.807) is 11.7 Å². The van der Waals surface area contributed by atoms with E-state index in [0.717, 1.165) is 31.4 Å². The van der Waals surface area contributed by atoms with E-state index in [-0.39, 0.29) is 16.8 Å². The summed E-state index contributed by atoms with van der Waals surface area (Å²) in [4.78, 5) is 13.1. The van der Waals surface area contributed by atoms with Gasteiger partial charge in [-0.1, -0.05) is 11.6 Å². The summed E-state index contributed by atoms with van der Waals surface area (Å²) in [7, 11) is 1.74. The number of hydrogen-bond donors (Lipinski definition) is 2. The average Bonchev–Trinajstić information content (AvgIpc) is 3.48. The Labute approximate surface area is 184 Å². The van der Waals surface area contributed by atoms with Gasteiger partial charge in [0.05, 0.1) is 16.8 Å². The molecule has 3 aromatic rings. The van der Waals surface area contributed by atoms with Gasteiger partial charge in [0.15, 0.2) is 0 Å². The van der Waals surface area contributed by atoms with Crippen LogP contribution in [0, 0.1) is 17.7 Å². The molecule has 2 saturated carbocycles. The number of carbonyl (C=O) groups is 1. The molecule has 1 amide bonds. The zero-order chi connectivity index (χ0) is 21.7.